The Balaban J connectivity index is 2.25. The third-order valence-corrected chi connectivity index (χ3v) is 3.83. The number of aromatic carboxylic acids is 1. The van der Waals surface area contributed by atoms with Crippen LogP contribution >= 0.6 is 0 Å². The minimum absolute atomic E-state index is 0.0485. The maximum atomic E-state index is 11.4. The van der Waals surface area contributed by atoms with Gasteiger partial charge in [-0.2, -0.15) is 0 Å². The zero-order valence-corrected chi connectivity index (χ0v) is 13.2. The highest BCUT2D eigenvalue weighted by atomic mass is 16.4. The SMILES string of the molecule is CCc1ccccc1-n1cc(C(=O)O)nc1-c1cccc(C)c1. The molecule has 2 aromatic carbocycles. The zero-order chi connectivity index (χ0) is 16.4. The summed E-state index contributed by atoms with van der Waals surface area (Å²) in [5.41, 5.74) is 4.18. The normalized spacial score (nSPS) is 10.7. The molecule has 0 radical (unpaired) electrons. The van der Waals surface area contributed by atoms with E-state index in [9.17, 15) is 9.90 Å². The van der Waals surface area contributed by atoms with E-state index >= 15 is 0 Å². The lowest BCUT2D eigenvalue weighted by Crippen LogP contribution is -2.00. The van der Waals surface area contributed by atoms with Crippen LogP contribution < -0.4 is 0 Å². The molecular weight excluding hydrogens is 288 g/mol. The van der Waals surface area contributed by atoms with Gasteiger partial charge >= 0.3 is 5.97 Å². The third kappa shape index (κ3) is 2.88. The number of nitrogens with zero attached hydrogens (tertiary/aromatic N) is 2. The summed E-state index contributed by atoms with van der Waals surface area (Å²) in [6.07, 6.45) is 2.46. The van der Waals surface area contributed by atoms with Gasteiger partial charge in [-0.15, -0.1) is 0 Å². The van der Waals surface area contributed by atoms with Gasteiger partial charge in [0.25, 0.3) is 0 Å². The lowest BCUT2D eigenvalue weighted by atomic mass is 10.1. The van der Waals surface area contributed by atoms with Crippen LogP contribution in [0.3, 0.4) is 0 Å². The number of hydrogen-bond acceptors (Lipinski definition) is 2. The molecule has 1 heterocycles. The van der Waals surface area contributed by atoms with Crippen LogP contribution in [-0.2, 0) is 6.42 Å². The maximum absolute atomic E-state index is 11.4. The summed E-state index contributed by atoms with van der Waals surface area (Å²) >= 11 is 0. The summed E-state index contributed by atoms with van der Waals surface area (Å²) in [7, 11) is 0. The van der Waals surface area contributed by atoms with Crippen molar-refractivity contribution in [3.05, 3.63) is 71.5 Å². The standard InChI is InChI=1S/C19H18N2O2/c1-3-14-8-4-5-10-17(14)21-12-16(19(22)23)20-18(21)15-9-6-7-13(2)11-15/h4-12H,3H2,1-2H3,(H,22,23). The third-order valence-electron chi connectivity index (χ3n) is 3.83. The van der Waals surface area contributed by atoms with Crippen molar-refractivity contribution >= 4 is 5.97 Å². The van der Waals surface area contributed by atoms with E-state index in [0.29, 0.717) is 5.82 Å². The average molecular weight is 306 g/mol. The Kier molecular flexibility index (Phi) is 3.98. The van der Waals surface area contributed by atoms with Gasteiger partial charge < -0.3 is 5.11 Å². The Morgan fingerprint density at radius 3 is 2.65 bits per heavy atom. The number of benzene rings is 2. The minimum Gasteiger partial charge on any atom is -0.476 e. The summed E-state index contributed by atoms with van der Waals surface area (Å²) in [5, 5.41) is 9.32. The number of aromatic nitrogens is 2. The van der Waals surface area contributed by atoms with Crippen molar-refractivity contribution in [3.63, 3.8) is 0 Å². The van der Waals surface area contributed by atoms with Crippen molar-refractivity contribution in [2.45, 2.75) is 20.3 Å². The molecule has 0 atom stereocenters. The maximum Gasteiger partial charge on any atom is 0.356 e. The zero-order valence-electron chi connectivity index (χ0n) is 13.2. The van der Waals surface area contributed by atoms with Crippen LogP contribution in [0, 0.1) is 6.92 Å². The number of imidazole rings is 1. The van der Waals surface area contributed by atoms with Crippen molar-refractivity contribution in [2.75, 3.05) is 0 Å². The lowest BCUT2D eigenvalue weighted by molar-refractivity contribution is 0.0691. The molecule has 3 rings (SSSR count). The number of carbonyl (C=O) groups is 1. The highest BCUT2D eigenvalue weighted by Gasteiger charge is 2.17. The van der Waals surface area contributed by atoms with E-state index in [1.54, 1.807) is 6.20 Å². The first-order chi connectivity index (χ1) is 11.1. The van der Waals surface area contributed by atoms with Gasteiger partial charge in [-0.05, 0) is 31.0 Å². The van der Waals surface area contributed by atoms with Gasteiger partial charge in [-0.3, -0.25) is 4.57 Å². The second kappa shape index (κ2) is 6.08. The minimum atomic E-state index is -1.02. The molecule has 116 valence electrons. The molecule has 0 saturated heterocycles. The monoisotopic (exact) mass is 306 g/mol. The van der Waals surface area contributed by atoms with Crippen LogP contribution in [0.25, 0.3) is 17.1 Å². The Bertz CT molecular complexity index is 865. The van der Waals surface area contributed by atoms with Crippen LogP contribution in [0.4, 0.5) is 0 Å². The summed E-state index contributed by atoms with van der Waals surface area (Å²) in [5.74, 6) is -0.376. The average Bonchev–Trinajstić information content (AvgIpc) is 3.00. The Hall–Kier alpha value is -2.88. The number of para-hydroxylation sites is 1. The van der Waals surface area contributed by atoms with Gasteiger partial charge in [-0.1, -0.05) is 48.9 Å². The van der Waals surface area contributed by atoms with E-state index in [2.05, 4.69) is 18.0 Å². The molecule has 0 aliphatic rings. The lowest BCUT2D eigenvalue weighted by Gasteiger charge is -2.12. The molecule has 0 unspecified atom stereocenters. The molecule has 0 amide bonds. The molecule has 0 saturated carbocycles. The molecule has 0 aliphatic heterocycles. The fourth-order valence-corrected chi connectivity index (χ4v) is 2.70. The van der Waals surface area contributed by atoms with Gasteiger partial charge in [-0.25, -0.2) is 9.78 Å². The molecule has 1 aromatic heterocycles. The van der Waals surface area contributed by atoms with Crippen LogP contribution in [0.1, 0.15) is 28.5 Å². The quantitative estimate of drug-likeness (QED) is 0.789. The summed E-state index contributed by atoms with van der Waals surface area (Å²) in [6, 6.07) is 15.9. The molecule has 0 bridgehead atoms. The van der Waals surface area contributed by atoms with Gasteiger partial charge in [0.1, 0.15) is 5.82 Å². The molecule has 4 heteroatoms. The van der Waals surface area contributed by atoms with Crippen molar-refractivity contribution in [1.29, 1.82) is 0 Å². The summed E-state index contributed by atoms with van der Waals surface area (Å²) < 4.78 is 1.87. The number of aryl methyl sites for hydroxylation is 2. The van der Waals surface area contributed by atoms with E-state index < -0.39 is 5.97 Å². The van der Waals surface area contributed by atoms with Crippen molar-refractivity contribution in [1.82, 2.24) is 9.55 Å². The smallest absolute Gasteiger partial charge is 0.356 e. The molecule has 0 fully saturated rings. The summed E-state index contributed by atoms with van der Waals surface area (Å²) in [4.78, 5) is 15.7. The fourth-order valence-electron chi connectivity index (χ4n) is 2.70. The first-order valence-corrected chi connectivity index (χ1v) is 7.58. The fraction of sp³-hybridized carbons (Fsp3) is 0.158. The van der Waals surface area contributed by atoms with Gasteiger partial charge in [0, 0.05) is 11.8 Å². The molecule has 3 aromatic rings. The first-order valence-electron chi connectivity index (χ1n) is 7.58. The predicted octanol–water partition coefficient (Wildman–Crippen LogP) is 4.11. The Morgan fingerprint density at radius 1 is 1.17 bits per heavy atom. The Labute approximate surface area is 135 Å². The molecule has 23 heavy (non-hydrogen) atoms. The van der Waals surface area contributed by atoms with Crippen molar-refractivity contribution < 1.29 is 9.90 Å². The van der Waals surface area contributed by atoms with Crippen molar-refractivity contribution in [2.24, 2.45) is 0 Å². The highest BCUT2D eigenvalue weighted by Crippen LogP contribution is 2.26. The molecule has 0 aliphatic carbocycles. The van der Waals surface area contributed by atoms with E-state index in [0.717, 1.165) is 28.8 Å². The predicted molar refractivity (Wildman–Crippen MR) is 90.1 cm³/mol. The van der Waals surface area contributed by atoms with Gasteiger partial charge in [0.15, 0.2) is 5.69 Å². The largest absolute Gasteiger partial charge is 0.476 e. The molecular formula is C19H18N2O2. The van der Waals surface area contributed by atoms with E-state index in [1.807, 2.05) is 54.0 Å². The molecule has 1 N–H and O–H groups in total. The van der Waals surface area contributed by atoms with Crippen LogP contribution in [-0.4, -0.2) is 20.6 Å². The van der Waals surface area contributed by atoms with Crippen LogP contribution in [0.15, 0.2) is 54.7 Å². The topological polar surface area (TPSA) is 55.1 Å². The van der Waals surface area contributed by atoms with E-state index in [1.165, 1.54) is 0 Å². The first kappa shape index (κ1) is 15.0. The van der Waals surface area contributed by atoms with E-state index in [-0.39, 0.29) is 5.69 Å². The Morgan fingerprint density at radius 2 is 1.96 bits per heavy atom. The summed E-state index contributed by atoms with van der Waals surface area (Å²) in [6.45, 7) is 4.09. The highest BCUT2D eigenvalue weighted by molar-refractivity contribution is 5.86. The second-order valence-electron chi connectivity index (χ2n) is 5.48. The molecule has 4 nitrogen and oxygen atoms in total. The number of rotatable bonds is 4. The van der Waals surface area contributed by atoms with Gasteiger partial charge in [0.2, 0.25) is 0 Å². The van der Waals surface area contributed by atoms with Crippen LogP contribution in [0.2, 0.25) is 0 Å². The van der Waals surface area contributed by atoms with Crippen molar-refractivity contribution in [3.8, 4) is 17.1 Å². The number of carboxylic acid groups (broad SMARTS) is 1. The molecule has 0 spiro atoms. The van der Waals surface area contributed by atoms with Crippen LogP contribution in [0.5, 0.6) is 0 Å². The van der Waals surface area contributed by atoms with Gasteiger partial charge in [0.05, 0.1) is 5.69 Å². The second-order valence-corrected chi connectivity index (χ2v) is 5.48. The number of hydrogen-bond donors (Lipinski definition) is 1. The number of carboxylic acids is 1. The van der Waals surface area contributed by atoms with E-state index in [4.69, 9.17) is 0 Å².